The first kappa shape index (κ1) is 24.1. The molecule has 9 heteroatoms. The van der Waals surface area contributed by atoms with Crippen LogP contribution in [0.4, 0.5) is 0 Å². The van der Waals surface area contributed by atoms with Crippen molar-refractivity contribution in [2.75, 3.05) is 40.8 Å². The lowest BCUT2D eigenvalue weighted by Gasteiger charge is -2.32. The summed E-state index contributed by atoms with van der Waals surface area (Å²) in [6.45, 7) is 6.61. The number of carbonyl (C=O) groups excluding carboxylic acids is 1. The van der Waals surface area contributed by atoms with Crippen LogP contribution in [0.3, 0.4) is 0 Å². The van der Waals surface area contributed by atoms with E-state index in [1.807, 2.05) is 18.3 Å². The van der Waals surface area contributed by atoms with E-state index in [2.05, 4.69) is 45.9 Å². The van der Waals surface area contributed by atoms with Crippen molar-refractivity contribution >= 4 is 22.5 Å². The van der Waals surface area contributed by atoms with Crippen LogP contribution in [0.1, 0.15) is 38.2 Å². The van der Waals surface area contributed by atoms with E-state index >= 15 is 0 Å². The number of ether oxygens (including phenoxy) is 2. The number of nitrogens with zero attached hydrogens (tertiary/aromatic N) is 5. The van der Waals surface area contributed by atoms with Gasteiger partial charge in [0.2, 0.25) is 5.91 Å². The second-order valence-corrected chi connectivity index (χ2v) is 9.98. The van der Waals surface area contributed by atoms with Crippen LogP contribution in [0.5, 0.6) is 11.5 Å². The van der Waals surface area contributed by atoms with Gasteiger partial charge in [0.15, 0.2) is 11.4 Å². The van der Waals surface area contributed by atoms with E-state index in [9.17, 15) is 4.79 Å². The number of piperidine rings is 1. The quantitative estimate of drug-likeness (QED) is 0.422. The molecule has 5 rings (SSSR count). The van der Waals surface area contributed by atoms with Gasteiger partial charge in [-0.15, -0.1) is 0 Å². The number of likely N-dealkylation sites (N-methyl/N-ethyl adjacent to an activating group) is 1. The fourth-order valence-corrected chi connectivity index (χ4v) is 4.99. The highest BCUT2D eigenvalue weighted by Gasteiger charge is 2.24. The molecular formula is C27H34N6O3. The normalized spacial score (nSPS) is 15.2. The highest BCUT2D eigenvalue weighted by molar-refractivity contribution is 5.92. The SMILES string of the molecule is COc1cc(-c2[nH]c3ccc(OC4CCN(CC(=O)N(C)C)CC4)cc3c2C(C)C)cn2ncnc12. The number of pyridine rings is 1. The molecule has 0 aliphatic carbocycles. The zero-order valence-corrected chi connectivity index (χ0v) is 21.6. The van der Waals surface area contributed by atoms with Crippen LogP contribution < -0.4 is 9.47 Å². The van der Waals surface area contributed by atoms with Gasteiger partial charge in [0.25, 0.3) is 0 Å². The van der Waals surface area contributed by atoms with Crippen molar-refractivity contribution in [2.45, 2.75) is 38.7 Å². The molecule has 1 saturated heterocycles. The summed E-state index contributed by atoms with van der Waals surface area (Å²) in [6, 6.07) is 8.29. The van der Waals surface area contributed by atoms with Crippen LogP contribution in [0.2, 0.25) is 0 Å². The number of hydrogen-bond donors (Lipinski definition) is 1. The van der Waals surface area contributed by atoms with E-state index in [4.69, 9.17) is 9.47 Å². The standard InChI is InChI=1S/C27H34N6O3/c1-17(2)25-21-13-20(36-19-8-10-32(11-9-19)15-24(34)31(3)4)6-7-22(21)30-26(25)18-12-23(35-5)27-28-16-29-33(27)14-18/h6-7,12-14,16-17,19,30H,8-11,15H2,1-5H3. The molecule has 0 atom stereocenters. The molecule has 1 aromatic carbocycles. The van der Waals surface area contributed by atoms with E-state index in [1.54, 1.807) is 30.6 Å². The molecular weight excluding hydrogens is 456 g/mol. The van der Waals surface area contributed by atoms with Crippen LogP contribution in [-0.4, -0.2) is 82.2 Å². The summed E-state index contributed by atoms with van der Waals surface area (Å²) >= 11 is 0. The number of nitrogens with one attached hydrogen (secondary N) is 1. The largest absolute Gasteiger partial charge is 0.493 e. The fourth-order valence-electron chi connectivity index (χ4n) is 4.99. The molecule has 4 aromatic rings. The van der Waals surface area contributed by atoms with Crippen molar-refractivity contribution in [3.63, 3.8) is 0 Å². The molecule has 0 saturated carbocycles. The van der Waals surface area contributed by atoms with Crippen molar-refractivity contribution in [3.05, 3.63) is 42.4 Å². The van der Waals surface area contributed by atoms with Crippen molar-refractivity contribution < 1.29 is 14.3 Å². The Hall–Kier alpha value is -3.59. The van der Waals surface area contributed by atoms with E-state index < -0.39 is 0 Å². The Morgan fingerprint density at radius 3 is 2.69 bits per heavy atom. The summed E-state index contributed by atoms with van der Waals surface area (Å²) in [7, 11) is 5.25. The smallest absolute Gasteiger partial charge is 0.236 e. The lowest BCUT2D eigenvalue weighted by atomic mass is 9.96. The number of H-pyrrole nitrogens is 1. The molecule has 1 amide bonds. The summed E-state index contributed by atoms with van der Waals surface area (Å²) in [5.74, 6) is 1.99. The molecule has 3 aromatic heterocycles. The highest BCUT2D eigenvalue weighted by Crippen LogP contribution is 2.38. The van der Waals surface area contributed by atoms with Crippen LogP contribution >= 0.6 is 0 Å². The molecule has 4 heterocycles. The van der Waals surface area contributed by atoms with Crippen molar-refractivity contribution in [3.8, 4) is 22.8 Å². The molecule has 1 N–H and O–H groups in total. The van der Waals surface area contributed by atoms with Gasteiger partial charge >= 0.3 is 0 Å². The summed E-state index contributed by atoms with van der Waals surface area (Å²) in [5, 5.41) is 5.47. The molecule has 0 radical (unpaired) electrons. The van der Waals surface area contributed by atoms with Gasteiger partial charge in [-0.3, -0.25) is 9.69 Å². The topological polar surface area (TPSA) is 88.0 Å². The lowest BCUT2D eigenvalue weighted by Crippen LogP contribution is -2.43. The van der Waals surface area contributed by atoms with Crippen LogP contribution in [0.25, 0.3) is 27.8 Å². The molecule has 36 heavy (non-hydrogen) atoms. The van der Waals surface area contributed by atoms with Crippen LogP contribution in [0.15, 0.2) is 36.8 Å². The third-order valence-corrected chi connectivity index (χ3v) is 6.93. The number of rotatable bonds is 7. The lowest BCUT2D eigenvalue weighted by molar-refractivity contribution is -0.130. The number of amides is 1. The second-order valence-electron chi connectivity index (χ2n) is 9.98. The van der Waals surface area contributed by atoms with Gasteiger partial charge in [-0.25, -0.2) is 9.50 Å². The maximum absolute atomic E-state index is 12.0. The molecule has 1 aliphatic heterocycles. The van der Waals surface area contributed by atoms with Gasteiger partial charge < -0.3 is 19.4 Å². The number of likely N-dealkylation sites (tertiary alicyclic amines) is 1. The van der Waals surface area contributed by atoms with E-state index in [-0.39, 0.29) is 12.0 Å². The van der Waals surface area contributed by atoms with Crippen LogP contribution in [0, 0.1) is 0 Å². The average Bonchev–Trinajstić information content (AvgIpc) is 3.49. The van der Waals surface area contributed by atoms with Gasteiger partial charge in [0, 0.05) is 49.8 Å². The Kier molecular flexibility index (Phi) is 6.57. The molecule has 9 nitrogen and oxygen atoms in total. The number of aromatic nitrogens is 4. The van der Waals surface area contributed by atoms with Crippen molar-refractivity contribution in [1.29, 1.82) is 0 Å². The number of carbonyl (C=O) groups is 1. The van der Waals surface area contributed by atoms with Crippen LogP contribution in [-0.2, 0) is 4.79 Å². The summed E-state index contributed by atoms with van der Waals surface area (Å²) in [6.07, 6.45) is 5.48. The minimum absolute atomic E-state index is 0.143. The molecule has 1 fully saturated rings. The third kappa shape index (κ3) is 4.63. The van der Waals surface area contributed by atoms with Gasteiger partial charge in [0.05, 0.1) is 19.3 Å². The zero-order chi connectivity index (χ0) is 25.4. The molecule has 190 valence electrons. The zero-order valence-electron chi connectivity index (χ0n) is 21.6. The summed E-state index contributed by atoms with van der Waals surface area (Å²) in [4.78, 5) is 23.8. The molecule has 0 unspecified atom stereocenters. The van der Waals surface area contributed by atoms with Gasteiger partial charge in [-0.2, -0.15) is 5.10 Å². The average molecular weight is 491 g/mol. The maximum Gasteiger partial charge on any atom is 0.236 e. The van der Waals surface area contributed by atoms with E-state index in [1.165, 1.54) is 11.9 Å². The monoisotopic (exact) mass is 490 g/mol. The minimum atomic E-state index is 0.143. The highest BCUT2D eigenvalue weighted by atomic mass is 16.5. The Morgan fingerprint density at radius 1 is 1.22 bits per heavy atom. The second kappa shape index (κ2) is 9.81. The first-order valence-electron chi connectivity index (χ1n) is 12.5. The Balaban J connectivity index is 1.40. The number of benzene rings is 1. The third-order valence-electron chi connectivity index (χ3n) is 6.93. The Bertz CT molecular complexity index is 1380. The fraction of sp³-hybridized carbons (Fsp3) is 0.444. The predicted octanol–water partition coefficient (Wildman–Crippen LogP) is 3.94. The summed E-state index contributed by atoms with van der Waals surface area (Å²) < 4.78 is 13.8. The van der Waals surface area contributed by atoms with E-state index in [0.717, 1.165) is 53.8 Å². The van der Waals surface area contributed by atoms with Gasteiger partial charge in [-0.05, 0) is 48.6 Å². The maximum atomic E-state index is 12.0. The minimum Gasteiger partial charge on any atom is -0.493 e. The van der Waals surface area contributed by atoms with Gasteiger partial charge in [-0.1, -0.05) is 13.8 Å². The van der Waals surface area contributed by atoms with Crippen molar-refractivity contribution in [1.82, 2.24) is 29.4 Å². The number of fused-ring (bicyclic) bond motifs is 2. The first-order valence-corrected chi connectivity index (χ1v) is 12.5. The predicted molar refractivity (Wildman–Crippen MR) is 140 cm³/mol. The van der Waals surface area contributed by atoms with E-state index in [0.29, 0.717) is 23.9 Å². The Labute approximate surface area is 211 Å². The number of hydrogen-bond acceptors (Lipinski definition) is 6. The molecule has 0 bridgehead atoms. The first-order chi connectivity index (χ1) is 17.3. The Morgan fingerprint density at radius 2 is 2.00 bits per heavy atom. The summed E-state index contributed by atoms with van der Waals surface area (Å²) in [5.41, 5.74) is 5.03. The molecule has 0 spiro atoms. The van der Waals surface area contributed by atoms with Gasteiger partial charge in [0.1, 0.15) is 18.2 Å². The molecule has 1 aliphatic rings. The number of aromatic amines is 1. The van der Waals surface area contributed by atoms with Crippen molar-refractivity contribution in [2.24, 2.45) is 0 Å². The number of methoxy groups -OCH3 is 1.